The fourth-order valence-electron chi connectivity index (χ4n) is 7.35. The van der Waals surface area contributed by atoms with E-state index >= 15 is 0 Å². The van der Waals surface area contributed by atoms with E-state index in [4.69, 9.17) is 9.47 Å². The molecule has 1 aromatic carbocycles. The Bertz CT molecular complexity index is 657. The van der Waals surface area contributed by atoms with Crippen LogP contribution >= 0.6 is 0 Å². The molecule has 29 heavy (non-hydrogen) atoms. The van der Waals surface area contributed by atoms with E-state index in [2.05, 4.69) is 43.0 Å². The monoisotopic (exact) mass is 399 g/mol. The highest BCUT2D eigenvalue weighted by molar-refractivity contribution is 5.34. The summed E-state index contributed by atoms with van der Waals surface area (Å²) in [5, 5.41) is 10.4. The Morgan fingerprint density at radius 1 is 1.00 bits per heavy atom. The summed E-state index contributed by atoms with van der Waals surface area (Å²) in [7, 11) is 0. The van der Waals surface area contributed by atoms with Gasteiger partial charge in [-0.2, -0.15) is 0 Å². The van der Waals surface area contributed by atoms with Crippen molar-refractivity contribution in [2.24, 2.45) is 17.8 Å². The van der Waals surface area contributed by atoms with Crippen molar-refractivity contribution >= 4 is 0 Å². The molecule has 4 aliphatic carbocycles. The molecule has 1 aromatic rings. The van der Waals surface area contributed by atoms with Gasteiger partial charge in [-0.25, -0.2) is 0 Å². The maximum Gasteiger partial charge on any atom is 0.119 e. The normalized spacial score (nSPS) is 40.2. The Balaban J connectivity index is 1.15. The lowest BCUT2D eigenvalue weighted by atomic mass is 9.48. The van der Waals surface area contributed by atoms with Gasteiger partial charge in [-0.05, 0) is 93.2 Å². The minimum atomic E-state index is -0.477. The van der Waals surface area contributed by atoms with E-state index in [0.717, 1.165) is 36.6 Å². The molecule has 0 radical (unpaired) electrons. The summed E-state index contributed by atoms with van der Waals surface area (Å²) in [5.41, 5.74) is 1.97. The van der Waals surface area contributed by atoms with Gasteiger partial charge < -0.3 is 14.6 Å². The molecule has 3 atom stereocenters. The van der Waals surface area contributed by atoms with Gasteiger partial charge in [0.2, 0.25) is 0 Å². The molecule has 0 amide bonds. The van der Waals surface area contributed by atoms with E-state index in [1.165, 1.54) is 44.1 Å². The zero-order valence-electron chi connectivity index (χ0n) is 18.1. The third kappa shape index (κ3) is 4.22. The average molecular weight is 400 g/mol. The van der Waals surface area contributed by atoms with Crippen LogP contribution in [0.25, 0.3) is 0 Å². The van der Waals surface area contributed by atoms with Crippen LogP contribution in [-0.2, 0) is 10.2 Å². The zero-order valence-corrected chi connectivity index (χ0v) is 18.1. The first kappa shape index (κ1) is 19.8. The van der Waals surface area contributed by atoms with Gasteiger partial charge in [-0.3, -0.25) is 4.90 Å². The highest BCUT2D eigenvalue weighted by Gasteiger charge is 2.51. The van der Waals surface area contributed by atoms with E-state index in [9.17, 15) is 5.11 Å². The predicted octanol–water partition coefficient (Wildman–Crippen LogP) is 4.00. The first-order valence-electron chi connectivity index (χ1n) is 11.8. The van der Waals surface area contributed by atoms with Crippen LogP contribution in [0.2, 0.25) is 0 Å². The summed E-state index contributed by atoms with van der Waals surface area (Å²) in [6, 6.07) is 8.86. The number of morpholine rings is 1. The molecule has 5 aliphatic rings. The quantitative estimate of drug-likeness (QED) is 0.785. The van der Waals surface area contributed by atoms with Crippen molar-refractivity contribution in [1.29, 1.82) is 0 Å². The molecule has 0 spiro atoms. The molecular formula is C25H37NO3. The van der Waals surface area contributed by atoms with Gasteiger partial charge in [-0.1, -0.05) is 12.1 Å². The summed E-state index contributed by atoms with van der Waals surface area (Å²) in [4.78, 5) is 2.28. The molecule has 1 N–H and O–H groups in total. The third-order valence-corrected chi connectivity index (χ3v) is 7.91. The minimum Gasteiger partial charge on any atom is -0.491 e. The van der Waals surface area contributed by atoms with Crippen molar-refractivity contribution in [2.75, 3.05) is 26.2 Å². The maximum absolute atomic E-state index is 10.4. The van der Waals surface area contributed by atoms with Crippen molar-refractivity contribution in [3.8, 4) is 5.75 Å². The number of ether oxygens (including phenoxy) is 2. The van der Waals surface area contributed by atoms with Gasteiger partial charge in [0, 0.05) is 19.6 Å². The number of rotatable bonds is 6. The Kier molecular flexibility index (Phi) is 5.38. The molecule has 1 aliphatic heterocycles. The lowest BCUT2D eigenvalue weighted by Gasteiger charge is -2.57. The molecule has 4 nitrogen and oxygen atoms in total. The fraction of sp³-hybridized carbons (Fsp3) is 0.760. The van der Waals surface area contributed by atoms with E-state index in [1.54, 1.807) is 0 Å². The summed E-state index contributed by atoms with van der Waals surface area (Å²) < 4.78 is 11.7. The smallest absolute Gasteiger partial charge is 0.119 e. The van der Waals surface area contributed by atoms with Crippen molar-refractivity contribution in [3.63, 3.8) is 0 Å². The highest BCUT2D eigenvalue weighted by Crippen LogP contribution is 2.60. The van der Waals surface area contributed by atoms with Crippen molar-refractivity contribution in [3.05, 3.63) is 29.8 Å². The van der Waals surface area contributed by atoms with E-state index in [1.807, 2.05) is 0 Å². The van der Waals surface area contributed by atoms with Gasteiger partial charge in [0.15, 0.2) is 0 Å². The molecule has 0 aromatic heterocycles. The van der Waals surface area contributed by atoms with Crippen molar-refractivity contribution in [1.82, 2.24) is 4.90 Å². The predicted molar refractivity (Wildman–Crippen MR) is 114 cm³/mol. The zero-order chi connectivity index (χ0) is 20.0. The van der Waals surface area contributed by atoms with Crippen LogP contribution in [0, 0.1) is 17.8 Å². The molecule has 4 heteroatoms. The number of nitrogens with zero attached hydrogens (tertiary/aromatic N) is 1. The maximum atomic E-state index is 10.4. The van der Waals surface area contributed by atoms with Crippen molar-refractivity contribution < 1.29 is 14.6 Å². The molecule has 5 fully saturated rings. The number of β-amino-alcohol motifs (C(OH)–C–C–N with tert-alkyl or cyclic N) is 1. The Labute approximate surface area is 175 Å². The molecule has 1 saturated heterocycles. The summed E-state index contributed by atoms with van der Waals surface area (Å²) >= 11 is 0. The largest absolute Gasteiger partial charge is 0.491 e. The molecule has 1 heterocycles. The summed E-state index contributed by atoms with van der Waals surface area (Å²) in [5.74, 6) is 3.79. The lowest BCUT2D eigenvalue weighted by molar-refractivity contribution is -0.0786. The van der Waals surface area contributed by atoms with E-state index in [0.29, 0.717) is 18.6 Å². The first-order chi connectivity index (χ1) is 14.0. The molecule has 160 valence electrons. The van der Waals surface area contributed by atoms with Crippen LogP contribution in [-0.4, -0.2) is 54.6 Å². The SMILES string of the molecule is C[C@@H]1CN(C[C@@H](O)COc2ccc(C34CC5CC(CC(C5)C3)C4)cc2)C[C@H](C)O1. The van der Waals surface area contributed by atoms with Crippen LogP contribution in [0.3, 0.4) is 0 Å². The summed E-state index contributed by atoms with van der Waals surface area (Å²) in [6.45, 7) is 6.93. The van der Waals surface area contributed by atoms with Crippen LogP contribution in [0.4, 0.5) is 0 Å². The second-order valence-corrected chi connectivity index (χ2v) is 10.7. The van der Waals surface area contributed by atoms with Crippen molar-refractivity contribution in [2.45, 2.75) is 76.1 Å². The molecule has 4 saturated carbocycles. The molecule has 0 unspecified atom stereocenters. The second kappa shape index (κ2) is 7.86. The topological polar surface area (TPSA) is 41.9 Å². The molecule has 4 bridgehead atoms. The highest BCUT2D eigenvalue weighted by atomic mass is 16.5. The number of hydrogen-bond acceptors (Lipinski definition) is 4. The van der Waals surface area contributed by atoms with Gasteiger partial charge in [0.05, 0.1) is 12.2 Å². The van der Waals surface area contributed by atoms with Crippen LogP contribution in [0.5, 0.6) is 5.75 Å². The van der Waals surface area contributed by atoms with Crippen LogP contribution < -0.4 is 4.74 Å². The fourth-order valence-corrected chi connectivity index (χ4v) is 7.35. The molecule has 6 rings (SSSR count). The van der Waals surface area contributed by atoms with Crippen LogP contribution in [0.1, 0.15) is 57.9 Å². The number of benzene rings is 1. The lowest BCUT2D eigenvalue weighted by Crippen LogP contribution is -2.48. The third-order valence-electron chi connectivity index (χ3n) is 7.91. The van der Waals surface area contributed by atoms with E-state index in [-0.39, 0.29) is 12.2 Å². The van der Waals surface area contributed by atoms with Gasteiger partial charge >= 0.3 is 0 Å². The standard InChI is InChI=1S/C25H37NO3/c1-17-13-26(14-18(2)29-17)15-23(27)16-28-24-5-3-22(4-6-24)25-10-19-7-20(11-25)9-21(8-19)12-25/h3-6,17-21,23,27H,7-16H2,1-2H3/t17-,18+,19?,20?,21?,23-,25?/m1/s1. The number of aliphatic hydroxyl groups excluding tert-OH is 1. The Morgan fingerprint density at radius 3 is 2.10 bits per heavy atom. The Morgan fingerprint density at radius 2 is 1.55 bits per heavy atom. The average Bonchev–Trinajstić information content (AvgIpc) is 2.65. The number of aliphatic hydroxyl groups is 1. The van der Waals surface area contributed by atoms with Gasteiger partial charge in [0.1, 0.15) is 18.5 Å². The minimum absolute atomic E-state index is 0.226. The Hall–Kier alpha value is -1.10. The number of hydrogen-bond donors (Lipinski definition) is 1. The van der Waals surface area contributed by atoms with Gasteiger partial charge in [-0.15, -0.1) is 0 Å². The van der Waals surface area contributed by atoms with E-state index < -0.39 is 6.10 Å². The molecular weight excluding hydrogens is 362 g/mol. The second-order valence-electron chi connectivity index (χ2n) is 10.7. The van der Waals surface area contributed by atoms with Crippen LogP contribution in [0.15, 0.2) is 24.3 Å². The summed E-state index contributed by atoms with van der Waals surface area (Å²) in [6.07, 6.45) is 8.62. The van der Waals surface area contributed by atoms with Gasteiger partial charge in [0.25, 0.3) is 0 Å². The first-order valence-corrected chi connectivity index (χ1v) is 11.8.